The summed E-state index contributed by atoms with van der Waals surface area (Å²) in [6, 6.07) is 0. The number of hydrogen-bond donors (Lipinski definition) is 1. The van der Waals surface area contributed by atoms with E-state index in [1.807, 2.05) is 11.6 Å². The van der Waals surface area contributed by atoms with Crippen LogP contribution >= 0.6 is 27.7 Å². The average Bonchev–Trinajstić information content (AvgIpc) is 2.94. The van der Waals surface area contributed by atoms with E-state index >= 15 is 0 Å². The molecule has 2 aromatic rings. The first kappa shape index (κ1) is 14.5. The lowest BCUT2D eigenvalue weighted by Gasteiger charge is -2.05. The number of halogens is 1. The van der Waals surface area contributed by atoms with Crippen molar-refractivity contribution in [1.82, 2.24) is 30.0 Å². The van der Waals surface area contributed by atoms with E-state index in [0.29, 0.717) is 11.7 Å². The molecule has 7 nitrogen and oxygen atoms in total. The molecule has 19 heavy (non-hydrogen) atoms. The van der Waals surface area contributed by atoms with Gasteiger partial charge in [-0.25, -0.2) is 4.68 Å². The summed E-state index contributed by atoms with van der Waals surface area (Å²) in [6.07, 6.45) is 0. The number of tetrazole rings is 1. The zero-order chi connectivity index (χ0) is 13.8. The molecule has 0 fully saturated rings. The molecular formula is C10H15BrN6OS. The monoisotopic (exact) mass is 346 g/mol. The number of aliphatic hydroxyl groups is 1. The smallest absolute Gasteiger partial charge is 0.209 e. The molecule has 0 amide bonds. The first-order valence-corrected chi connectivity index (χ1v) is 7.66. The van der Waals surface area contributed by atoms with Gasteiger partial charge in [-0.1, -0.05) is 11.8 Å². The molecule has 0 spiro atoms. The minimum Gasteiger partial charge on any atom is -0.394 e. The maximum atomic E-state index is 8.93. The number of aryl methyl sites for hydroxylation is 2. The second kappa shape index (κ2) is 6.49. The van der Waals surface area contributed by atoms with E-state index in [2.05, 4.69) is 43.5 Å². The first-order valence-electron chi connectivity index (χ1n) is 5.89. The van der Waals surface area contributed by atoms with E-state index in [-0.39, 0.29) is 6.61 Å². The highest BCUT2D eigenvalue weighted by molar-refractivity contribution is 9.10. The Morgan fingerprint density at radius 3 is 2.84 bits per heavy atom. The Labute approximate surface area is 123 Å². The first-order chi connectivity index (χ1) is 9.17. The van der Waals surface area contributed by atoms with Crippen molar-refractivity contribution in [3.63, 3.8) is 0 Å². The van der Waals surface area contributed by atoms with Gasteiger partial charge in [0.2, 0.25) is 5.16 Å². The standard InChI is InChI=1S/C10H15BrN6OS/c1-3-16-8(9(11)7(2)13-16)6-19-10-12-14-15-17(10)4-5-18/h18H,3-6H2,1-2H3. The fraction of sp³-hybridized carbons (Fsp3) is 0.600. The van der Waals surface area contributed by atoms with Crippen LogP contribution < -0.4 is 0 Å². The lowest BCUT2D eigenvalue weighted by molar-refractivity contribution is 0.262. The van der Waals surface area contributed by atoms with Gasteiger partial charge in [0.05, 0.1) is 29.0 Å². The molecule has 0 unspecified atom stereocenters. The van der Waals surface area contributed by atoms with Crippen LogP contribution in [0.5, 0.6) is 0 Å². The number of aliphatic hydroxyl groups excluding tert-OH is 1. The Morgan fingerprint density at radius 1 is 1.37 bits per heavy atom. The summed E-state index contributed by atoms with van der Waals surface area (Å²) < 4.78 is 4.59. The van der Waals surface area contributed by atoms with E-state index < -0.39 is 0 Å². The SMILES string of the molecule is CCn1nc(C)c(Br)c1CSc1nnnn1CCO. The summed E-state index contributed by atoms with van der Waals surface area (Å²) in [6.45, 7) is 5.28. The van der Waals surface area contributed by atoms with Gasteiger partial charge in [-0.2, -0.15) is 5.10 Å². The van der Waals surface area contributed by atoms with E-state index in [1.54, 1.807) is 4.68 Å². The third-order valence-electron chi connectivity index (χ3n) is 2.60. The molecule has 2 aromatic heterocycles. The minimum absolute atomic E-state index is 0.0221. The third kappa shape index (κ3) is 3.15. The molecule has 0 atom stereocenters. The molecule has 0 saturated heterocycles. The van der Waals surface area contributed by atoms with Gasteiger partial charge in [-0.3, -0.25) is 4.68 Å². The van der Waals surface area contributed by atoms with Gasteiger partial charge in [-0.05, 0) is 40.2 Å². The molecule has 0 radical (unpaired) electrons. The van der Waals surface area contributed by atoms with Crippen molar-refractivity contribution in [2.24, 2.45) is 0 Å². The summed E-state index contributed by atoms with van der Waals surface area (Å²) >= 11 is 5.09. The minimum atomic E-state index is 0.0221. The molecule has 0 aliphatic heterocycles. The normalized spacial score (nSPS) is 11.2. The van der Waals surface area contributed by atoms with Crippen LogP contribution in [0.3, 0.4) is 0 Å². The van der Waals surface area contributed by atoms with Gasteiger partial charge in [0.15, 0.2) is 0 Å². The average molecular weight is 347 g/mol. The van der Waals surface area contributed by atoms with Crippen LogP contribution in [0, 0.1) is 6.92 Å². The largest absolute Gasteiger partial charge is 0.394 e. The molecule has 0 saturated carbocycles. The molecule has 0 aliphatic carbocycles. The molecule has 0 aromatic carbocycles. The van der Waals surface area contributed by atoms with Crippen LogP contribution in [0.15, 0.2) is 9.63 Å². The summed E-state index contributed by atoms with van der Waals surface area (Å²) in [5, 5.41) is 25.5. The van der Waals surface area contributed by atoms with E-state index in [1.165, 1.54) is 11.8 Å². The Kier molecular flexibility index (Phi) is 4.94. The predicted molar refractivity (Wildman–Crippen MR) is 74.8 cm³/mol. The summed E-state index contributed by atoms with van der Waals surface area (Å²) in [7, 11) is 0. The third-order valence-corrected chi connectivity index (χ3v) is 4.60. The van der Waals surface area contributed by atoms with Crippen LogP contribution in [-0.4, -0.2) is 41.7 Å². The van der Waals surface area contributed by atoms with Crippen LogP contribution in [0.2, 0.25) is 0 Å². The number of aromatic nitrogens is 6. The van der Waals surface area contributed by atoms with Gasteiger partial charge >= 0.3 is 0 Å². The molecule has 2 heterocycles. The van der Waals surface area contributed by atoms with E-state index in [4.69, 9.17) is 5.11 Å². The van der Waals surface area contributed by atoms with Gasteiger partial charge in [0.25, 0.3) is 0 Å². The summed E-state index contributed by atoms with van der Waals surface area (Å²) in [5.74, 6) is 0.723. The predicted octanol–water partition coefficient (Wildman–Crippen LogP) is 1.25. The lowest BCUT2D eigenvalue weighted by atomic mass is 10.4. The van der Waals surface area contributed by atoms with Gasteiger partial charge in [0, 0.05) is 12.3 Å². The molecular weight excluding hydrogens is 332 g/mol. The molecule has 9 heteroatoms. The fourth-order valence-electron chi connectivity index (χ4n) is 1.67. The lowest BCUT2D eigenvalue weighted by Crippen LogP contribution is -2.06. The highest BCUT2D eigenvalue weighted by Crippen LogP contribution is 2.27. The maximum Gasteiger partial charge on any atom is 0.209 e. The second-order valence-corrected chi connectivity index (χ2v) is 5.59. The summed E-state index contributed by atoms with van der Waals surface area (Å²) in [5.41, 5.74) is 2.09. The highest BCUT2D eigenvalue weighted by Gasteiger charge is 2.14. The second-order valence-electron chi connectivity index (χ2n) is 3.86. The van der Waals surface area contributed by atoms with Crippen molar-refractivity contribution in [1.29, 1.82) is 0 Å². The van der Waals surface area contributed by atoms with Crippen LogP contribution in [-0.2, 0) is 18.8 Å². The van der Waals surface area contributed by atoms with E-state index in [0.717, 1.165) is 28.2 Å². The Bertz CT molecular complexity index is 554. The van der Waals surface area contributed by atoms with Gasteiger partial charge in [0.1, 0.15) is 0 Å². The van der Waals surface area contributed by atoms with Crippen molar-refractivity contribution in [2.75, 3.05) is 6.61 Å². The van der Waals surface area contributed by atoms with Crippen molar-refractivity contribution in [2.45, 2.75) is 37.8 Å². The van der Waals surface area contributed by atoms with Gasteiger partial charge in [-0.15, -0.1) is 5.10 Å². The molecule has 1 N–H and O–H groups in total. The topological polar surface area (TPSA) is 81.7 Å². The Hall–Kier alpha value is -0.930. The quantitative estimate of drug-likeness (QED) is 0.792. The number of thioether (sulfide) groups is 1. The number of nitrogens with zero attached hydrogens (tertiary/aromatic N) is 6. The molecule has 2 rings (SSSR count). The zero-order valence-electron chi connectivity index (χ0n) is 10.7. The van der Waals surface area contributed by atoms with Crippen molar-refractivity contribution in [3.05, 3.63) is 15.9 Å². The summed E-state index contributed by atoms with van der Waals surface area (Å²) in [4.78, 5) is 0. The molecule has 0 aliphatic rings. The van der Waals surface area contributed by atoms with Crippen LogP contribution in [0.25, 0.3) is 0 Å². The van der Waals surface area contributed by atoms with Crippen molar-refractivity contribution in [3.8, 4) is 0 Å². The zero-order valence-corrected chi connectivity index (χ0v) is 13.1. The van der Waals surface area contributed by atoms with Crippen molar-refractivity contribution < 1.29 is 5.11 Å². The Morgan fingerprint density at radius 2 is 2.16 bits per heavy atom. The highest BCUT2D eigenvalue weighted by atomic mass is 79.9. The van der Waals surface area contributed by atoms with Gasteiger partial charge < -0.3 is 5.11 Å². The number of hydrogen-bond acceptors (Lipinski definition) is 6. The number of rotatable bonds is 6. The fourth-order valence-corrected chi connectivity index (χ4v) is 3.21. The molecule has 0 bridgehead atoms. The van der Waals surface area contributed by atoms with E-state index in [9.17, 15) is 0 Å². The van der Waals surface area contributed by atoms with Crippen LogP contribution in [0.1, 0.15) is 18.3 Å². The van der Waals surface area contributed by atoms with Crippen molar-refractivity contribution >= 4 is 27.7 Å². The van der Waals surface area contributed by atoms with Crippen LogP contribution in [0.4, 0.5) is 0 Å². The maximum absolute atomic E-state index is 8.93. The Balaban J connectivity index is 2.12. The molecule has 104 valence electrons.